The number of nitrogens with one attached hydrogen (secondary N) is 2. The molecule has 10 nitrogen and oxygen atoms in total. The Kier molecular flexibility index (Phi) is 14.8. The standard InChI is InChI=1S/C32H30F12N2O8/c1-17-25(27(47)45-23-13-19(29(33,34)35)11-20(14-23)30(36,37)38)53-9-5-50-4-8-52-18(2)26(54-10-6-49-3-7-51-17)28(48)46-24-15-21(31(39,40)41)12-22(16-24)32(42,43)44/h11-16,25-26H,1-10H2,(H,45,47)(H,46,48)/t25-,26-/m1/s1. The first-order chi connectivity index (χ1) is 25.0. The molecule has 54 heavy (non-hydrogen) atoms. The monoisotopic (exact) mass is 798 g/mol. The minimum atomic E-state index is -5.19. The Balaban J connectivity index is 1.68. The van der Waals surface area contributed by atoms with Crippen LogP contribution in [0, 0.1) is 0 Å². The van der Waals surface area contributed by atoms with Gasteiger partial charge in [-0.25, -0.2) is 0 Å². The molecule has 0 saturated carbocycles. The normalized spacial score (nSPS) is 19.5. The average molecular weight is 799 g/mol. The molecule has 2 aromatic rings. The summed E-state index contributed by atoms with van der Waals surface area (Å²) >= 11 is 0. The van der Waals surface area contributed by atoms with Crippen LogP contribution in [0.3, 0.4) is 0 Å². The maximum Gasteiger partial charge on any atom is 0.416 e. The Bertz CT molecular complexity index is 1460. The third-order valence-electron chi connectivity index (χ3n) is 6.83. The number of carbonyl (C=O) groups is 2. The molecule has 0 bridgehead atoms. The number of carbonyl (C=O) groups excluding carboxylic acids is 2. The smallest absolute Gasteiger partial charge is 0.416 e. The molecule has 0 radical (unpaired) electrons. The molecule has 22 heteroatoms. The van der Waals surface area contributed by atoms with Gasteiger partial charge >= 0.3 is 24.7 Å². The molecule has 1 aliphatic rings. The van der Waals surface area contributed by atoms with Crippen molar-refractivity contribution >= 4 is 23.2 Å². The van der Waals surface area contributed by atoms with Crippen molar-refractivity contribution in [2.24, 2.45) is 0 Å². The number of amides is 2. The Morgan fingerprint density at radius 3 is 1.04 bits per heavy atom. The van der Waals surface area contributed by atoms with E-state index in [0.29, 0.717) is 0 Å². The predicted molar refractivity (Wildman–Crippen MR) is 161 cm³/mol. The van der Waals surface area contributed by atoms with Crippen LogP contribution in [0.5, 0.6) is 0 Å². The zero-order valence-corrected chi connectivity index (χ0v) is 27.5. The van der Waals surface area contributed by atoms with Gasteiger partial charge in [0.1, 0.15) is 24.7 Å². The predicted octanol–water partition coefficient (Wildman–Crippen LogP) is 7.22. The Morgan fingerprint density at radius 2 is 0.759 bits per heavy atom. The number of halogens is 12. The Hall–Kier alpha value is -4.54. The van der Waals surface area contributed by atoms with Gasteiger partial charge in [0.15, 0.2) is 12.2 Å². The van der Waals surface area contributed by atoms with E-state index in [0.717, 1.165) is 0 Å². The van der Waals surface area contributed by atoms with Gasteiger partial charge in [0.2, 0.25) is 0 Å². The van der Waals surface area contributed by atoms with Crippen LogP contribution in [0.1, 0.15) is 22.3 Å². The topological polar surface area (TPSA) is 114 Å². The first-order valence-corrected chi connectivity index (χ1v) is 15.2. The van der Waals surface area contributed by atoms with Crippen LogP contribution in [0.15, 0.2) is 61.1 Å². The van der Waals surface area contributed by atoms with E-state index in [1.807, 2.05) is 10.6 Å². The van der Waals surface area contributed by atoms with Crippen molar-refractivity contribution in [3.05, 3.63) is 83.3 Å². The molecule has 2 atom stereocenters. The number of hydrogen-bond donors (Lipinski definition) is 2. The first kappa shape index (κ1) is 43.9. The summed E-state index contributed by atoms with van der Waals surface area (Å²) in [6.07, 6.45) is -24.3. The van der Waals surface area contributed by atoms with Crippen LogP contribution in [0.25, 0.3) is 0 Å². The van der Waals surface area contributed by atoms with Crippen molar-refractivity contribution < 1.29 is 90.7 Å². The van der Waals surface area contributed by atoms with Gasteiger partial charge < -0.3 is 39.1 Å². The highest BCUT2D eigenvalue weighted by Crippen LogP contribution is 2.39. The molecule has 2 N–H and O–H groups in total. The number of benzene rings is 2. The van der Waals surface area contributed by atoms with Gasteiger partial charge in [-0.1, -0.05) is 13.2 Å². The summed E-state index contributed by atoms with van der Waals surface area (Å²) in [6.45, 7) is 4.29. The van der Waals surface area contributed by atoms with Gasteiger partial charge in [-0.3, -0.25) is 9.59 Å². The minimum Gasteiger partial charge on any atom is -0.493 e. The summed E-state index contributed by atoms with van der Waals surface area (Å²) in [5.41, 5.74) is -8.46. The van der Waals surface area contributed by atoms with E-state index in [1.165, 1.54) is 0 Å². The lowest BCUT2D eigenvalue weighted by Crippen LogP contribution is -2.35. The van der Waals surface area contributed by atoms with E-state index in [9.17, 15) is 62.3 Å². The third-order valence-corrected chi connectivity index (χ3v) is 6.83. The fourth-order valence-corrected chi connectivity index (χ4v) is 4.37. The minimum absolute atomic E-state index is 0.127. The van der Waals surface area contributed by atoms with Crippen molar-refractivity contribution in [2.75, 3.05) is 63.5 Å². The van der Waals surface area contributed by atoms with Gasteiger partial charge in [-0.05, 0) is 36.4 Å². The molecule has 0 spiro atoms. The van der Waals surface area contributed by atoms with Crippen molar-refractivity contribution in [3.8, 4) is 0 Å². The van der Waals surface area contributed by atoms with Crippen LogP contribution in [0.2, 0.25) is 0 Å². The quantitative estimate of drug-likeness (QED) is 0.312. The van der Waals surface area contributed by atoms with Crippen LogP contribution in [-0.4, -0.2) is 76.9 Å². The average Bonchev–Trinajstić information content (AvgIpc) is 3.04. The van der Waals surface area contributed by atoms with Crippen LogP contribution in [-0.2, 0) is 62.7 Å². The molecule has 1 heterocycles. The molecule has 2 aromatic carbocycles. The van der Waals surface area contributed by atoms with E-state index >= 15 is 0 Å². The van der Waals surface area contributed by atoms with Crippen molar-refractivity contribution in [2.45, 2.75) is 36.9 Å². The lowest BCUT2D eigenvalue weighted by molar-refractivity contribution is -0.144. The number of alkyl halides is 12. The maximum atomic E-state index is 13.3. The number of anilines is 2. The summed E-state index contributed by atoms with van der Waals surface area (Å²) in [7, 11) is 0. The van der Waals surface area contributed by atoms with E-state index in [2.05, 4.69) is 13.2 Å². The highest BCUT2D eigenvalue weighted by atomic mass is 19.4. The van der Waals surface area contributed by atoms with E-state index < -0.39 is 107 Å². The second kappa shape index (κ2) is 18.2. The number of rotatable bonds is 4. The number of hydrogen-bond acceptors (Lipinski definition) is 8. The summed E-state index contributed by atoms with van der Waals surface area (Å²) in [5.74, 6) is -3.37. The second-order valence-corrected chi connectivity index (χ2v) is 10.9. The van der Waals surface area contributed by atoms with Gasteiger partial charge in [0.05, 0.1) is 61.9 Å². The Labute approximate surface area is 297 Å². The lowest BCUT2D eigenvalue weighted by Gasteiger charge is -2.22. The van der Waals surface area contributed by atoms with Gasteiger partial charge in [-0.2, -0.15) is 52.7 Å². The zero-order valence-electron chi connectivity index (χ0n) is 27.5. The number of ether oxygens (including phenoxy) is 6. The summed E-state index contributed by atoms with van der Waals surface area (Å²) in [6, 6.07) is 0.888. The Morgan fingerprint density at radius 1 is 0.481 bits per heavy atom. The van der Waals surface area contributed by atoms with Crippen LogP contribution in [0.4, 0.5) is 64.1 Å². The molecular formula is C32H30F12N2O8. The lowest BCUT2D eigenvalue weighted by atomic mass is 10.1. The SMILES string of the molecule is C=C1OCCOCCO[C@@H](C(=O)Nc2cc(C(F)(F)F)cc(C(F)(F)F)c2)C(=C)OCCOCCO[C@H]1C(=O)Nc1cc(C(F)(F)F)cc(C(F)(F)F)c1. The van der Waals surface area contributed by atoms with Crippen molar-refractivity contribution in [3.63, 3.8) is 0 Å². The molecule has 3 rings (SSSR count). The molecule has 1 aliphatic heterocycles. The highest BCUT2D eigenvalue weighted by Gasteiger charge is 2.39. The summed E-state index contributed by atoms with van der Waals surface area (Å²) < 4.78 is 191. The van der Waals surface area contributed by atoms with Gasteiger partial charge in [0, 0.05) is 11.4 Å². The van der Waals surface area contributed by atoms with Gasteiger partial charge in [-0.15, -0.1) is 0 Å². The molecule has 300 valence electrons. The molecule has 2 amide bonds. The fraction of sp³-hybridized carbons (Fsp3) is 0.438. The van der Waals surface area contributed by atoms with E-state index in [4.69, 9.17) is 28.4 Å². The molecular weight excluding hydrogens is 768 g/mol. The molecule has 0 unspecified atom stereocenters. The second-order valence-electron chi connectivity index (χ2n) is 10.9. The maximum absolute atomic E-state index is 13.3. The fourth-order valence-electron chi connectivity index (χ4n) is 4.37. The van der Waals surface area contributed by atoms with E-state index in [1.54, 1.807) is 0 Å². The molecule has 0 aromatic heterocycles. The van der Waals surface area contributed by atoms with E-state index in [-0.39, 0.29) is 76.0 Å². The van der Waals surface area contributed by atoms with Gasteiger partial charge in [0.25, 0.3) is 11.8 Å². The summed E-state index contributed by atoms with van der Waals surface area (Å²) in [5, 5.41) is 3.86. The largest absolute Gasteiger partial charge is 0.493 e. The first-order valence-electron chi connectivity index (χ1n) is 15.2. The third kappa shape index (κ3) is 13.4. The molecule has 1 fully saturated rings. The van der Waals surface area contributed by atoms with Crippen LogP contribution >= 0.6 is 0 Å². The molecule has 1 saturated heterocycles. The van der Waals surface area contributed by atoms with Crippen molar-refractivity contribution in [1.82, 2.24) is 0 Å². The summed E-state index contributed by atoms with van der Waals surface area (Å²) in [4.78, 5) is 26.0. The molecule has 0 aliphatic carbocycles. The zero-order chi connectivity index (χ0) is 40.5. The van der Waals surface area contributed by atoms with Crippen molar-refractivity contribution in [1.29, 1.82) is 0 Å². The highest BCUT2D eigenvalue weighted by molar-refractivity contribution is 5.96. The van der Waals surface area contributed by atoms with Crippen LogP contribution < -0.4 is 10.6 Å².